The summed E-state index contributed by atoms with van der Waals surface area (Å²) in [6.07, 6.45) is 0. The summed E-state index contributed by atoms with van der Waals surface area (Å²) in [4.78, 5) is 0. The lowest BCUT2D eigenvalue weighted by molar-refractivity contribution is 0.418. The van der Waals surface area contributed by atoms with Crippen LogP contribution in [0, 0.1) is 6.92 Å². The van der Waals surface area contributed by atoms with E-state index in [0.717, 1.165) is 11.1 Å². The second-order valence-electron chi connectivity index (χ2n) is 2.30. The molecule has 0 heterocycles. The lowest BCUT2D eigenvalue weighted by atomic mass is 10.2. The minimum absolute atomic E-state index is 0.279. The Morgan fingerprint density at radius 3 is 2.73 bits per heavy atom. The smallest absolute Gasteiger partial charge is 0.127 e. The Kier molecular flexibility index (Phi) is 3.16. The van der Waals surface area contributed by atoms with Crippen LogP contribution in [0.5, 0.6) is 5.75 Å². The van der Waals surface area contributed by atoms with Crippen LogP contribution in [0.4, 0.5) is 0 Å². The molecule has 1 unspecified atom stereocenters. The second kappa shape index (κ2) is 3.94. The van der Waals surface area contributed by atoms with Gasteiger partial charge in [0, 0.05) is 13.2 Å². The van der Waals surface area contributed by atoms with Crippen LogP contribution in [0.15, 0.2) is 18.2 Å². The maximum Gasteiger partial charge on any atom is 0.127 e. The van der Waals surface area contributed by atoms with Gasteiger partial charge in [-0.1, -0.05) is 22.9 Å². The van der Waals surface area contributed by atoms with Crippen LogP contribution in [0.2, 0.25) is 0 Å². The Hall–Kier alpha value is -0.260. The zero-order valence-electron chi connectivity index (χ0n) is 6.52. The molecule has 0 amide bonds. The van der Waals surface area contributed by atoms with Gasteiger partial charge < -0.3 is 4.74 Å². The van der Waals surface area contributed by atoms with Crippen LogP contribution >= 0.6 is 19.2 Å². The normalized spacial score (nSPS) is 10.8. The Morgan fingerprint density at radius 1 is 1.45 bits per heavy atom. The molecule has 0 spiro atoms. The van der Waals surface area contributed by atoms with Crippen molar-refractivity contribution in [2.75, 3.05) is 7.11 Å². The van der Waals surface area contributed by atoms with Crippen molar-refractivity contribution in [2.45, 2.75) is 6.92 Å². The molecular formula is C8H10ClOP. The Morgan fingerprint density at radius 2 is 2.18 bits per heavy atom. The summed E-state index contributed by atoms with van der Waals surface area (Å²) in [6, 6.07) is 6.00. The van der Waals surface area contributed by atoms with Crippen molar-refractivity contribution in [3.63, 3.8) is 0 Å². The quantitative estimate of drug-likeness (QED) is 0.648. The van der Waals surface area contributed by atoms with E-state index in [9.17, 15) is 0 Å². The van der Waals surface area contributed by atoms with Crippen molar-refractivity contribution in [3.8, 4) is 5.75 Å². The summed E-state index contributed by atoms with van der Waals surface area (Å²) in [6.45, 7) is 2.04. The van der Waals surface area contributed by atoms with E-state index >= 15 is 0 Å². The van der Waals surface area contributed by atoms with Crippen LogP contribution in [-0.2, 0) is 0 Å². The van der Waals surface area contributed by atoms with Crippen molar-refractivity contribution in [1.82, 2.24) is 0 Å². The first-order chi connectivity index (χ1) is 5.27. The Balaban J connectivity index is 3.06. The molecule has 0 saturated heterocycles. The summed E-state index contributed by atoms with van der Waals surface area (Å²) in [5.41, 5.74) is 1.22. The van der Waals surface area contributed by atoms with Gasteiger partial charge in [-0.05, 0) is 19.1 Å². The summed E-state index contributed by atoms with van der Waals surface area (Å²) in [5, 5.41) is 1.08. The number of rotatable bonds is 2. The van der Waals surface area contributed by atoms with Crippen molar-refractivity contribution in [1.29, 1.82) is 0 Å². The molecule has 11 heavy (non-hydrogen) atoms. The molecule has 0 aliphatic heterocycles. The van der Waals surface area contributed by atoms with Crippen LogP contribution in [-0.4, -0.2) is 7.11 Å². The molecule has 0 aliphatic rings. The standard InChI is InChI=1S/C8H10ClOP/c1-6-3-4-7(10-2)8(5-6)11-9/h3-5,11H,1-2H3. The van der Waals surface area contributed by atoms with Gasteiger partial charge in [0.15, 0.2) is 0 Å². The first-order valence-corrected chi connectivity index (χ1v) is 5.30. The maximum absolute atomic E-state index is 5.73. The highest BCUT2D eigenvalue weighted by Crippen LogP contribution is 2.23. The molecule has 0 bridgehead atoms. The third-order valence-electron chi connectivity index (χ3n) is 1.46. The van der Waals surface area contributed by atoms with E-state index in [1.54, 1.807) is 7.11 Å². The van der Waals surface area contributed by atoms with Gasteiger partial charge in [-0.2, -0.15) is 0 Å². The average Bonchev–Trinajstić information content (AvgIpc) is 2.04. The summed E-state index contributed by atoms with van der Waals surface area (Å²) >= 11 is 5.73. The first-order valence-electron chi connectivity index (χ1n) is 3.29. The molecule has 0 aliphatic carbocycles. The van der Waals surface area contributed by atoms with Gasteiger partial charge >= 0.3 is 0 Å². The van der Waals surface area contributed by atoms with Crippen molar-refractivity contribution >= 4 is 24.5 Å². The monoisotopic (exact) mass is 188 g/mol. The van der Waals surface area contributed by atoms with E-state index in [1.165, 1.54) is 5.56 Å². The van der Waals surface area contributed by atoms with E-state index in [-0.39, 0.29) is 7.93 Å². The van der Waals surface area contributed by atoms with Gasteiger partial charge in [0.05, 0.1) is 7.11 Å². The molecule has 0 aromatic heterocycles. The molecule has 60 valence electrons. The highest BCUT2D eigenvalue weighted by Gasteiger charge is 2.00. The van der Waals surface area contributed by atoms with Gasteiger partial charge in [0.25, 0.3) is 0 Å². The number of aryl methyl sites for hydroxylation is 1. The fourth-order valence-corrected chi connectivity index (χ4v) is 1.90. The van der Waals surface area contributed by atoms with Crippen molar-refractivity contribution in [2.24, 2.45) is 0 Å². The van der Waals surface area contributed by atoms with E-state index < -0.39 is 0 Å². The first kappa shape index (κ1) is 8.83. The fraction of sp³-hybridized carbons (Fsp3) is 0.250. The Labute approximate surface area is 73.3 Å². The molecular weight excluding hydrogens is 179 g/mol. The molecule has 0 saturated carbocycles. The number of hydrogen-bond donors (Lipinski definition) is 0. The SMILES string of the molecule is COc1ccc(C)cc1PCl. The zero-order valence-corrected chi connectivity index (χ0v) is 8.27. The van der Waals surface area contributed by atoms with Crippen molar-refractivity contribution < 1.29 is 4.74 Å². The summed E-state index contributed by atoms with van der Waals surface area (Å²) in [5.74, 6) is 0.879. The molecule has 0 fully saturated rings. The van der Waals surface area contributed by atoms with Gasteiger partial charge in [0.1, 0.15) is 5.75 Å². The number of hydrogen-bond acceptors (Lipinski definition) is 1. The highest BCUT2D eigenvalue weighted by molar-refractivity contribution is 7.75. The molecule has 1 atom stereocenters. The zero-order chi connectivity index (χ0) is 8.27. The molecule has 0 N–H and O–H groups in total. The number of benzene rings is 1. The lowest BCUT2D eigenvalue weighted by Crippen LogP contribution is -1.99. The third kappa shape index (κ3) is 2.08. The van der Waals surface area contributed by atoms with Gasteiger partial charge in [-0.25, -0.2) is 0 Å². The molecule has 1 aromatic carbocycles. The van der Waals surface area contributed by atoms with Gasteiger partial charge in [0.2, 0.25) is 0 Å². The van der Waals surface area contributed by atoms with Crippen LogP contribution in [0.25, 0.3) is 0 Å². The molecule has 3 heteroatoms. The van der Waals surface area contributed by atoms with Crippen LogP contribution in [0.1, 0.15) is 5.56 Å². The van der Waals surface area contributed by atoms with Crippen LogP contribution in [0.3, 0.4) is 0 Å². The third-order valence-corrected chi connectivity index (χ3v) is 2.66. The predicted molar refractivity (Wildman–Crippen MR) is 51.5 cm³/mol. The molecule has 1 rings (SSSR count). The van der Waals surface area contributed by atoms with E-state index in [2.05, 4.69) is 0 Å². The lowest BCUT2D eigenvalue weighted by Gasteiger charge is -2.05. The second-order valence-corrected chi connectivity index (χ2v) is 3.59. The Bertz CT molecular complexity index is 250. The molecule has 0 radical (unpaired) electrons. The van der Waals surface area contributed by atoms with E-state index in [4.69, 9.17) is 16.0 Å². The fourth-order valence-electron chi connectivity index (χ4n) is 0.896. The molecule has 1 nitrogen and oxygen atoms in total. The van der Waals surface area contributed by atoms with Gasteiger partial charge in [-0.15, -0.1) is 0 Å². The predicted octanol–water partition coefficient (Wildman–Crippen LogP) is 2.46. The van der Waals surface area contributed by atoms with Crippen molar-refractivity contribution in [3.05, 3.63) is 23.8 Å². The maximum atomic E-state index is 5.73. The number of halogens is 1. The van der Waals surface area contributed by atoms with E-state index in [1.807, 2.05) is 25.1 Å². The highest BCUT2D eigenvalue weighted by atomic mass is 35.7. The largest absolute Gasteiger partial charge is 0.496 e. The minimum Gasteiger partial charge on any atom is -0.496 e. The number of methoxy groups -OCH3 is 1. The van der Waals surface area contributed by atoms with E-state index in [0.29, 0.717) is 0 Å². The molecule has 1 aromatic rings. The van der Waals surface area contributed by atoms with Gasteiger partial charge in [-0.3, -0.25) is 0 Å². The summed E-state index contributed by atoms with van der Waals surface area (Å²) in [7, 11) is 1.94. The summed E-state index contributed by atoms with van der Waals surface area (Å²) < 4.78 is 5.11. The topological polar surface area (TPSA) is 9.23 Å². The number of ether oxygens (including phenoxy) is 1. The average molecular weight is 189 g/mol. The van der Waals surface area contributed by atoms with Crippen LogP contribution < -0.4 is 10.0 Å². The minimum atomic E-state index is 0.279.